The average Bonchev–Trinajstić information content (AvgIpc) is 3.69. The first-order valence-corrected chi connectivity index (χ1v) is 16.7. The number of nitrogens with zero attached hydrogens (tertiary/aromatic N) is 4. The van der Waals surface area contributed by atoms with Crippen LogP contribution in [0.2, 0.25) is 0 Å². The molecule has 3 aromatic carbocycles. The number of anilines is 2. The predicted octanol–water partition coefficient (Wildman–Crippen LogP) is 1.16. The molecule has 14 nitrogen and oxygen atoms in total. The number of nitrogens with one attached hydrogen (secondary N) is 1. The molecule has 0 radical (unpaired) electrons. The van der Waals surface area contributed by atoms with Crippen LogP contribution in [0.15, 0.2) is 97.2 Å². The molecule has 0 aliphatic carbocycles. The highest BCUT2D eigenvalue weighted by Crippen LogP contribution is 2.45. The highest BCUT2D eigenvalue weighted by Gasteiger charge is 2.52. The van der Waals surface area contributed by atoms with Crippen LogP contribution in [0.1, 0.15) is 41.6 Å². The topological polar surface area (TPSA) is 211 Å². The second kappa shape index (κ2) is 15.2. The Hall–Kier alpha value is -4.80. The molecule has 14 heteroatoms. The molecule has 1 unspecified atom stereocenters. The van der Waals surface area contributed by atoms with E-state index in [2.05, 4.69) is 15.6 Å². The van der Waals surface area contributed by atoms with E-state index in [9.17, 15) is 40.2 Å². The summed E-state index contributed by atoms with van der Waals surface area (Å²) < 4.78 is 6.69. The Labute approximate surface area is 293 Å². The van der Waals surface area contributed by atoms with E-state index in [0.29, 0.717) is 41.2 Å². The van der Waals surface area contributed by atoms with Crippen LogP contribution in [0.4, 0.5) is 11.4 Å². The Morgan fingerprint density at radius 1 is 0.980 bits per heavy atom. The first-order chi connectivity index (χ1) is 24.5. The molecule has 2 aliphatic rings. The summed E-state index contributed by atoms with van der Waals surface area (Å²) in [5, 5.41) is 72.4. The number of amides is 2. The number of para-hydroxylation sites is 1. The molecule has 268 valence electrons. The van der Waals surface area contributed by atoms with Gasteiger partial charge in [0.05, 0.1) is 30.5 Å². The summed E-state index contributed by atoms with van der Waals surface area (Å²) in [4.78, 5) is 28.2. The monoisotopic (exact) mass is 699 g/mol. The molecular formula is C37H41N5O9. The van der Waals surface area contributed by atoms with Crippen molar-refractivity contribution in [2.45, 2.75) is 68.7 Å². The fourth-order valence-corrected chi connectivity index (χ4v) is 6.51. The van der Waals surface area contributed by atoms with Gasteiger partial charge in [0.2, 0.25) is 0 Å². The first kappa shape index (κ1) is 36.0. The molecule has 2 aliphatic heterocycles. The average molecular weight is 700 g/mol. The molecule has 7 N–H and O–H groups in total. The molecular weight excluding hydrogens is 658 g/mol. The number of fused-ring (bicyclic) bond motifs is 1. The van der Waals surface area contributed by atoms with E-state index < -0.39 is 54.0 Å². The number of aryl methyl sites for hydroxylation is 1. The number of carbonyl (C=O) groups is 2. The van der Waals surface area contributed by atoms with Gasteiger partial charge in [0.25, 0.3) is 11.8 Å². The van der Waals surface area contributed by atoms with Crippen molar-refractivity contribution in [2.75, 3.05) is 16.8 Å². The van der Waals surface area contributed by atoms with Crippen molar-refractivity contribution in [3.63, 3.8) is 0 Å². The van der Waals surface area contributed by atoms with Crippen molar-refractivity contribution in [3.8, 4) is 0 Å². The Balaban J connectivity index is 1.08. The van der Waals surface area contributed by atoms with Gasteiger partial charge in [-0.2, -0.15) is 0 Å². The van der Waals surface area contributed by atoms with Crippen LogP contribution in [-0.4, -0.2) is 94.8 Å². The lowest BCUT2D eigenvalue weighted by atomic mass is 9.83. The summed E-state index contributed by atoms with van der Waals surface area (Å²) in [6.07, 6.45) is -2.66. The third-order valence-corrected chi connectivity index (χ3v) is 9.49. The lowest BCUT2D eigenvalue weighted by Crippen LogP contribution is -2.60. The highest BCUT2D eigenvalue weighted by atomic mass is 16.6. The molecule has 1 saturated heterocycles. The fraction of sp³-hybridized carbons (Fsp3) is 0.351. The predicted molar refractivity (Wildman–Crippen MR) is 184 cm³/mol. The Morgan fingerprint density at radius 2 is 1.69 bits per heavy atom. The van der Waals surface area contributed by atoms with E-state index >= 15 is 0 Å². The number of hydrogen-bond donors (Lipinski definition) is 7. The molecule has 4 aromatic rings. The maximum Gasteiger partial charge on any atom is 0.264 e. The third kappa shape index (κ3) is 7.21. The number of benzene rings is 3. The second-order valence-corrected chi connectivity index (χ2v) is 12.8. The smallest absolute Gasteiger partial charge is 0.264 e. The van der Waals surface area contributed by atoms with E-state index in [1.165, 1.54) is 4.90 Å². The molecule has 2 amide bonds. The first-order valence-electron chi connectivity index (χ1n) is 16.7. The zero-order valence-corrected chi connectivity index (χ0v) is 27.8. The largest absolute Gasteiger partial charge is 0.395 e. The summed E-state index contributed by atoms with van der Waals surface area (Å²) in [6.45, 7) is 2.34. The Kier molecular flexibility index (Phi) is 10.7. The Bertz CT molecular complexity index is 1850. The van der Waals surface area contributed by atoms with E-state index in [0.717, 1.165) is 5.56 Å². The number of aliphatic hydroxyl groups excluding tert-OH is 5. The van der Waals surface area contributed by atoms with E-state index in [4.69, 9.17) is 4.74 Å². The summed E-state index contributed by atoms with van der Waals surface area (Å²) >= 11 is 0. The third-order valence-electron chi connectivity index (χ3n) is 9.49. The molecule has 0 saturated carbocycles. The van der Waals surface area contributed by atoms with Crippen LogP contribution in [-0.2, 0) is 33.0 Å². The molecule has 8 atom stereocenters. The van der Waals surface area contributed by atoms with E-state index in [1.54, 1.807) is 60.1 Å². The van der Waals surface area contributed by atoms with Crippen LogP contribution in [0.25, 0.3) is 0 Å². The lowest BCUT2D eigenvalue weighted by molar-refractivity contribution is -0.274. The molecule has 3 heterocycles. The van der Waals surface area contributed by atoms with Crippen molar-refractivity contribution >= 4 is 23.2 Å². The van der Waals surface area contributed by atoms with Crippen LogP contribution in [0, 0.1) is 5.92 Å². The van der Waals surface area contributed by atoms with Crippen molar-refractivity contribution in [1.82, 2.24) is 15.0 Å². The van der Waals surface area contributed by atoms with Gasteiger partial charge in [0, 0.05) is 29.9 Å². The summed E-state index contributed by atoms with van der Waals surface area (Å²) in [5.41, 5.74) is 1.91. The molecule has 1 aromatic heterocycles. The van der Waals surface area contributed by atoms with Crippen LogP contribution in [0.5, 0.6) is 0 Å². The molecule has 51 heavy (non-hydrogen) atoms. The fourth-order valence-electron chi connectivity index (χ4n) is 6.51. The lowest BCUT2D eigenvalue weighted by Gasteiger charge is -2.37. The van der Waals surface area contributed by atoms with E-state index in [1.807, 2.05) is 48.7 Å². The van der Waals surface area contributed by atoms with Crippen molar-refractivity contribution < 1.29 is 45.0 Å². The standard InChI is InChI=1S/C37H41N5O9/c1-22(9-7-8-18-41-20-28(39-40-41)26(21-43)24-10-3-2-4-11-24)37(50)27-12-5-6-13-29(27)42(36(37)49)19-23-14-16-25(17-15-23)38-34(47)33-31(45)30(44)32(46)35(48)51-33/h2-7,9-17,20,22,26,30-33,35,43-46,48,50H,8,18-19,21H2,1H3,(H,38,47)/b9-7+/t22-,26?,30-,31-,32+,33-,35+,37+/m0/s1. The van der Waals surface area contributed by atoms with Gasteiger partial charge in [-0.25, -0.2) is 0 Å². The van der Waals surface area contributed by atoms with Gasteiger partial charge in [-0.05, 0) is 35.7 Å². The number of rotatable bonds is 12. The van der Waals surface area contributed by atoms with Crippen LogP contribution >= 0.6 is 0 Å². The van der Waals surface area contributed by atoms with Crippen molar-refractivity contribution in [2.24, 2.45) is 5.92 Å². The van der Waals surface area contributed by atoms with Gasteiger partial charge in [0.15, 0.2) is 18.0 Å². The van der Waals surface area contributed by atoms with Gasteiger partial charge in [-0.15, -0.1) is 5.10 Å². The second-order valence-electron chi connectivity index (χ2n) is 12.8. The quantitative estimate of drug-likeness (QED) is 0.104. The number of aliphatic hydroxyl groups is 6. The molecule has 0 spiro atoms. The van der Waals surface area contributed by atoms with Gasteiger partial charge in [-0.3, -0.25) is 14.3 Å². The minimum absolute atomic E-state index is 0.0946. The van der Waals surface area contributed by atoms with Crippen molar-refractivity contribution in [3.05, 3.63) is 120 Å². The number of aromatic nitrogens is 3. The van der Waals surface area contributed by atoms with Gasteiger partial charge in [-0.1, -0.05) is 85.0 Å². The molecule has 1 fully saturated rings. The molecule has 0 bridgehead atoms. The number of hydrogen-bond acceptors (Lipinski definition) is 11. The molecule has 6 rings (SSSR count). The number of ether oxygens (including phenoxy) is 1. The maximum atomic E-state index is 13.9. The minimum atomic E-state index is -1.85. The highest BCUT2D eigenvalue weighted by molar-refractivity contribution is 6.07. The maximum absolute atomic E-state index is 13.9. The zero-order chi connectivity index (χ0) is 36.3. The van der Waals surface area contributed by atoms with E-state index in [-0.39, 0.29) is 19.1 Å². The van der Waals surface area contributed by atoms with Gasteiger partial charge in [0.1, 0.15) is 18.3 Å². The normalized spacial score (nSPS) is 25.9. The number of allylic oxidation sites excluding steroid dienone is 1. The van der Waals surface area contributed by atoms with Crippen LogP contribution in [0.3, 0.4) is 0 Å². The summed E-state index contributed by atoms with van der Waals surface area (Å²) in [6, 6.07) is 23.2. The zero-order valence-electron chi connectivity index (χ0n) is 27.8. The van der Waals surface area contributed by atoms with Gasteiger partial charge < -0.3 is 45.6 Å². The summed E-state index contributed by atoms with van der Waals surface area (Å²) in [5.74, 6) is -2.16. The summed E-state index contributed by atoms with van der Waals surface area (Å²) in [7, 11) is 0. The number of carbonyl (C=O) groups excluding carboxylic acids is 2. The minimum Gasteiger partial charge on any atom is -0.395 e. The van der Waals surface area contributed by atoms with Gasteiger partial charge >= 0.3 is 0 Å². The van der Waals surface area contributed by atoms with Crippen molar-refractivity contribution in [1.29, 1.82) is 0 Å². The van der Waals surface area contributed by atoms with Crippen LogP contribution < -0.4 is 10.2 Å². The SMILES string of the molecule is C[C@@H](/C=C/CCn1cc(C(CO)c2ccccc2)nn1)[C@]1(O)C(=O)N(Cc2ccc(NC(=O)[C@H]3O[C@@H](O)[C@H](O)[C@@H](O)[C@@H]3O)cc2)c2ccccc21. The Morgan fingerprint density at radius 3 is 2.41 bits per heavy atom.